The maximum atomic E-state index is 12.4. The summed E-state index contributed by atoms with van der Waals surface area (Å²) in [6, 6.07) is 11.7. The standard InChI is InChI=1S/C19H23NO3S/c1-12-8-13(2)10-15(9-12)20-19(21)14(3)24-16-6-7-17(22-4)18(11-16)23-5/h6-11,14H,1-5H3,(H,20,21). The summed E-state index contributed by atoms with van der Waals surface area (Å²) in [6.45, 7) is 5.92. The predicted molar refractivity (Wildman–Crippen MR) is 99.4 cm³/mol. The normalized spacial score (nSPS) is 11.7. The lowest BCUT2D eigenvalue weighted by molar-refractivity contribution is -0.115. The number of carbonyl (C=O) groups excluding carboxylic acids is 1. The highest BCUT2D eigenvalue weighted by molar-refractivity contribution is 8.00. The molecule has 2 aromatic rings. The number of hydrogen-bond acceptors (Lipinski definition) is 4. The molecule has 5 heteroatoms. The lowest BCUT2D eigenvalue weighted by atomic mass is 10.1. The van der Waals surface area contributed by atoms with Crippen LogP contribution in [0.1, 0.15) is 18.1 Å². The van der Waals surface area contributed by atoms with Crippen molar-refractivity contribution in [2.45, 2.75) is 30.9 Å². The number of nitrogens with one attached hydrogen (secondary N) is 1. The van der Waals surface area contributed by atoms with Gasteiger partial charge in [-0.3, -0.25) is 4.79 Å². The van der Waals surface area contributed by atoms with Gasteiger partial charge < -0.3 is 14.8 Å². The fourth-order valence-electron chi connectivity index (χ4n) is 2.44. The quantitative estimate of drug-likeness (QED) is 0.786. The van der Waals surface area contributed by atoms with Crippen molar-refractivity contribution in [3.05, 3.63) is 47.5 Å². The third kappa shape index (κ3) is 4.68. The Kier molecular flexibility index (Phi) is 6.15. The van der Waals surface area contributed by atoms with Crippen LogP contribution in [-0.2, 0) is 4.79 Å². The molecule has 128 valence electrons. The van der Waals surface area contributed by atoms with E-state index in [1.165, 1.54) is 11.8 Å². The number of aryl methyl sites for hydroxylation is 2. The van der Waals surface area contributed by atoms with Gasteiger partial charge in [-0.25, -0.2) is 0 Å². The van der Waals surface area contributed by atoms with Crippen LogP contribution in [0.4, 0.5) is 5.69 Å². The molecule has 0 aromatic heterocycles. The molecule has 2 aromatic carbocycles. The van der Waals surface area contributed by atoms with E-state index in [1.54, 1.807) is 14.2 Å². The van der Waals surface area contributed by atoms with Gasteiger partial charge in [0.2, 0.25) is 5.91 Å². The molecule has 0 saturated carbocycles. The number of thioether (sulfide) groups is 1. The molecule has 2 rings (SSSR count). The van der Waals surface area contributed by atoms with Crippen LogP contribution in [0.25, 0.3) is 0 Å². The molecule has 0 fully saturated rings. The largest absolute Gasteiger partial charge is 0.493 e. The van der Waals surface area contributed by atoms with Gasteiger partial charge in [0.05, 0.1) is 19.5 Å². The van der Waals surface area contributed by atoms with E-state index in [1.807, 2.05) is 51.1 Å². The fraction of sp³-hybridized carbons (Fsp3) is 0.316. The number of benzene rings is 2. The van der Waals surface area contributed by atoms with E-state index in [0.29, 0.717) is 11.5 Å². The summed E-state index contributed by atoms with van der Waals surface area (Å²) < 4.78 is 10.5. The molecule has 0 heterocycles. The van der Waals surface area contributed by atoms with Crippen molar-refractivity contribution >= 4 is 23.4 Å². The number of hydrogen-bond donors (Lipinski definition) is 1. The van der Waals surface area contributed by atoms with Gasteiger partial charge in [-0.2, -0.15) is 0 Å². The zero-order valence-corrected chi connectivity index (χ0v) is 15.5. The highest BCUT2D eigenvalue weighted by Gasteiger charge is 2.16. The third-order valence-electron chi connectivity index (χ3n) is 3.53. The summed E-state index contributed by atoms with van der Waals surface area (Å²) in [5.74, 6) is 1.30. The molecule has 0 bridgehead atoms. The first-order valence-electron chi connectivity index (χ1n) is 7.70. The summed E-state index contributed by atoms with van der Waals surface area (Å²) >= 11 is 1.48. The number of amides is 1. The Balaban J connectivity index is 2.06. The lowest BCUT2D eigenvalue weighted by Gasteiger charge is -2.14. The SMILES string of the molecule is COc1ccc(SC(C)C(=O)Nc2cc(C)cc(C)c2)cc1OC. The maximum Gasteiger partial charge on any atom is 0.237 e. The van der Waals surface area contributed by atoms with Crippen LogP contribution in [-0.4, -0.2) is 25.4 Å². The van der Waals surface area contributed by atoms with Crippen LogP contribution in [0.15, 0.2) is 41.3 Å². The molecule has 4 nitrogen and oxygen atoms in total. The Bertz CT molecular complexity index is 710. The van der Waals surface area contributed by atoms with E-state index in [0.717, 1.165) is 21.7 Å². The second kappa shape index (κ2) is 8.11. The molecule has 0 radical (unpaired) electrons. The monoisotopic (exact) mass is 345 g/mol. The molecule has 0 spiro atoms. The van der Waals surface area contributed by atoms with Crippen molar-refractivity contribution in [1.29, 1.82) is 0 Å². The van der Waals surface area contributed by atoms with Crippen LogP contribution in [0.3, 0.4) is 0 Å². The molecule has 1 amide bonds. The molecule has 0 saturated heterocycles. The van der Waals surface area contributed by atoms with Crippen LogP contribution >= 0.6 is 11.8 Å². The van der Waals surface area contributed by atoms with Crippen molar-refractivity contribution in [2.75, 3.05) is 19.5 Å². The van der Waals surface area contributed by atoms with Crippen LogP contribution < -0.4 is 14.8 Å². The molecular formula is C19H23NO3S. The van der Waals surface area contributed by atoms with Crippen molar-refractivity contribution in [1.82, 2.24) is 0 Å². The Morgan fingerprint density at radius 1 is 1.00 bits per heavy atom. The minimum Gasteiger partial charge on any atom is -0.493 e. The predicted octanol–water partition coefficient (Wildman–Crippen LogP) is 4.44. The number of rotatable bonds is 6. The average molecular weight is 345 g/mol. The first-order chi connectivity index (χ1) is 11.4. The van der Waals surface area contributed by atoms with Crippen molar-refractivity contribution < 1.29 is 14.3 Å². The average Bonchev–Trinajstić information content (AvgIpc) is 2.53. The zero-order valence-electron chi connectivity index (χ0n) is 14.7. The molecule has 1 N–H and O–H groups in total. The van der Waals surface area contributed by atoms with Crippen molar-refractivity contribution in [3.63, 3.8) is 0 Å². The van der Waals surface area contributed by atoms with Gasteiger partial charge in [0.15, 0.2) is 11.5 Å². The Hall–Kier alpha value is -2.14. The number of methoxy groups -OCH3 is 2. The van der Waals surface area contributed by atoms with Crippen molar-refractivity contribution in [2.24, 2.45) is 0 Å². The summed E-state index contributed by atoms with van der Waals surface area (Å²) in [5, 5.41) is 2.75. The summed E-state index contributed by atoms with van der Waals surface area (Å²) in [4.78, 5) is 13.4. The van der Waals surface area contributed by atoms with Crippen LogP contribution in [0.2, 0.25) is 0 Å². The molecule has 1 unspecified atom stereocenters. The van der Waals surface area contributed by atoms with E-state index in [2.05, 4.69) is 11.4 Å². The molecule has 0 aliphatic carbocycles. The molecule has 0 aliphatic heterocycles. The van der Waals surface area contributed by atoms with Gasteiger partial charge in [-0.05, 0) is 62.2 Å². The fourth-order valence-corrected chi connectivity index (χ4v) is 3.33. The molecule has 24 heavy (non-hydrogen) atoms. The smallest absolute Gasteiger partial charge is 0.237 e. The van der Waals surface area contributed by atoms with Gasteiger partial charge in [0.1, 0.15) is 0 Å². The Morgan fingerprint density at radius 3 is 2.21 bits per heavy atom. The van der Waals surface area contributed by atoms with Gasteiger partial charge >= 0.3 is 0 Å². The van der Waals surface area contributed by atoms with E-state index in [4.69, 9.17) is 9.47 Å². The Morgan fingerprint density at radius 2 is 1.62 bits per heavy atom. The van der Waals surface area contributed by atoms with Gasteiger partial charge in [-0.1, -0.05) is 6.07 Å². The second-order valence-corrected chi connectivity index (χ2v) is 7.06. The first-order valence-corrected chi connectivity index (χ1v) is 8.58. The molecule has 0 aliphatic rings. The van der Waals surface area contributed by atoms with Gasteiger partial charge in [0, 0.05) is 10.6 Å². The summed E-state index contributed by atoms with van der Waals surface area (Å²) in [5.41, 5.74) is 3.09. The minimum absolute atomic E-state index is 0.0280. The maximum absolute atomic E-state index is 12.4. The van der Waals surface area contributed by atoms with E-state index in [-0.39, 0.29) is 11.2 Å². The zero-order chi connectivity index (χ0) is 17.7. The van der Waals surface area contributed by atoms with Crippen molar-refractivity contribution in [3.8, 4) is 11.5 Å². The van der Waals surface area contributed by atoms with E-state index in [9.17, 15) is 4.79 Å². The third-order valence-corrected chi connectivity index (χ3v) is 4.62. The lowest BCUT2D eigenvalue weighted by Crippen LogP contribution is -2.22. The minimum atomic E-state index is -0.232. The van der Waals surface area contributed by atoms with Crippen LogP contribution in [0, 0.1) is 13.8 Å². The summed E-state index contributed by atoms with van der Waals surface area (Å²) in [6.07, 6.45) is 0. The Labute approximate surface area is 147 Å². The number of carbonyl (C=O) groups is 1. The number of ether oxygens (including phenoxy) is 2. The van der Waals surface area contributed by atoms with E-state index < -0.39 is 0 Å². The van der Waals surface area contributed by atoms with Crippen LogP contribution in [0.5, 0.6) is 11.5 Å². The van der Waals surface area contributed by atoms with Gasteiger partial charge in [-0.15, -0.1) is 11.8 Å². The second-order valence-electron chi connectivity index (χ2n) is 5.64. The highest BCUT2D eigenvalue weighted by Crippen LogP contribution is 2.33. The summed E-state index contributed by atoms with van der Waals surface area (Å²) in [7, 11) is 3.20. The first kappa shape index (κ1) is 18.2. The highest BCUT2D eigenvalue weighted by atomic mass is 32.2. The molecular weight excluding hydrogens is 322 g/mol. The van der Waals surface area contributed by atoms with Gasteiger partial charge in [0.25, 0.3) is 0 Å². The van der Waals surface area contributed by atoms with E-state index >= 15 is 0 Å². The molecule has 1 atom stereocenters. The topological polar surface area (TPSA) is 47.6 Å². The number of anilines is 1.